The van der Waals surface area contributed by atoms with Crippen LogP contribution in [0.3, 0.4) is 0 Å². The number of hydrazine groups is 1. The third-order valence-corrected chi connectivity index (χ3v) is 2.56. The first kappa shape index (κ1) is 25.3. The minimum atomic E-state index is -0.485. The van der Waals surface area contributed by atoms with Gasteiger partial charge in [-0.15, -0.1) is 37.2 Å². The Kier molecular flexibility index (Phi) is 19.0. The van der Waals surface area contributed by atoms with Gasteiger partial charge in [-0.2, -0.15) is 0 Å². The molecular weight excluding hydrogens is 337 g/mol. The molecule has 1 heterocycles. The summed E-state index contributed by atoms with van der Waals surface area (Å²) in [5.74, 6) is -0.193. The monoisotopic (exact) mass is 359 g/mol. The van der Waals surface area contributed by atoms with E-state index >= 15 is 0 Å². The zero-order chi connectivity index (χ0) is 13.2. The number of halogens is 3. The van der Waals surface area contributed by atoms with Crippen molar-refractivity contribution >= 4 is 43.1 Å². The molecule has 21 heavy (non-hydrogen) atoms. The molecule has 1 rings (SSSR count). The minimum Gasteiger partial charge on any atom is -0.330 e. The van der Waals surface area contributed by atoms with Gasteiger partial charge in [-0.05, 0) is 37.1 Å². The Bertz CT molecular complexity index is 356. The Morgan fingerprint density at radius 1 is 1.19 bits per heavy atom. The Hall–Kier alpha value is -0.630. The van der Waals surface area contributed by atoms with Gasteiger partial charge < -0.3 is 11.5 Å². The van der Waals surface area contributed by atoms with Crippen LogP contribution in [0.15, 0.2) is 24.5 Å². The van der Waals surface area contributed by atoms with E-state index in [1.165, 1.54) is 0 Å². The normalized spacial score (nSPS) is 10.4. The minimum absolute atomic E-state index is 0. The first-order valence-electron chi connectivity index (χ1n) is 6.11. The van der Waals surface area contributed by atoms with E-state index in [1.807, 2.05) is 12.1 Å². The summed E-state index contributed by atoms with van der Waals surface area (Å²) in [6.45, 7) is 1.18. The molecule has 0 unspecified atom stereocenters. The lowest BCUT2D eigenvalue weighted by atomic mass is 10.1. The van der Waals surface area contributed by atoms with Crippen molar-refractivity contribution in [2.24, 2.45) is 11.5 Å². The molecule has 6 N–H and O–H groups in total. The van der Waals surface area contributed by atoms with Crippen LogP contribution < -0.4 is 22.3 Å². The molecule has 0 aliphatic carbocycles. The first-order chi connectivity index (χ1) is 8.74. The molecule has 1 aromatic rings. The van der Waals surface area contributed by atoms with E-state index in [0.29, 0.717) is 19.5 Å². The Morgan fingerprint density at radius 2 is 1.81 bits per heavy atom. The van der Waals surface area contributed by atoms with Crippen molar-refractivity contribution in [2.75, 3.05) is 6.54 Å². The highest BCUT2D eigenvalue weighted by Gasteiger charge is 2.11. The highest BCUT2D eigenvalue weighted by Crippen LogP contribution is 1.98. The molecule has 0 spiro atoms. The molecule has 0 saturated carbocycles. The standard InChI is InChI=1S/C12H21N5O.3ClH/c13-6-2-1-3-11(14)12(18)17-16-9-10-4-7-15-8-5-10;;;/h4-5,7-8,11,16H,1-3,6,9,13-14H2,(H,17,18);3*1H/t11-;;;/m0.../s1. The summed E-state index contributed by atoms with van der Waals surface area (Å²) < 4.78 is 0. The topological polar surface area (TPSA) is 106 Å². The molecular formula is C12H24Cl3N5O. The molecule has 0 aliphatic rings. The Morgan fingerprint density at radius 3 is 2.38 bits per heavy atom. The average Bonchev–Trinajstić information content (AvgIpc) is 2.40. The lowest BCUT2D eigenvalue weighted by Gasteiger charge is -2.12. The second-order valence-corrected chi connectivity index (χ2v) is 4.09. The number of aromatic nitrogens is 1. The van der Waals surface area contributed by atoms with Crippen molar-refractivity contribution in [1.82, 2.24) is 15.8 Å². The van der Waals surface area contributed by atoms with Crippen molar-refractivity contribution in [3.05, 3.63) is 30.1 Å². The predicted octanol–water partition coefficient (Wildman–Crippen LogP) is 0.924. The van der Waals surface area contributed by atoms with E-state index in [4.69, 9.17) is 11.5 Å². The molecule has 9 heteroatoms. The van der Waals surface area contributed by atoms with Crippen LogP contribution in [0, 0.1) is 0 Å². The summed E-state index contributed by atoms with van der Waals surface area (Å²) >= 11 is 0. The number of carbonyl (C=O) groups is 1. The molecule has 1 amide bonds. The van der Waals surface area contributed by atoms with E-state index in [9.17, 15) is 4.79 Å². The fourth-order valence-electron chi connectivity index (χ4n) is 1.47. The third-order valence-electron chi connectivity index (χ3n) is 2.56. The van der Waals surface area contributed by atoms with Crippen molar-refractivity contribution in [3.8, 4) is 0 Å². The zero-order valence-electron chi connectivity index (χ0n) is 11.7. The second kappa shape index (κ2) is 15.8. The van der Waals surface area contributed by atoms with Gasteiger partial charge in [-0.25, -0.2) is 5.43 Å². The van der Waals surface area contributed by atoms with Gasteiger partial charge in [0, 0.05) is 18.9 Å². The summed E-state index contributed by atoms with van der Waals surface area (Å²) in [7, 11) is 0. The zero-order valence-corrected chi connectivity index (χ0v) is 14.1. The second-order valence-electron chi connectivity index (χ2n) is 4.09. The summed E-state index contributed by atoms with van der Waals surface area (Å²) in [6.07, 6.45) is 5.83. The molecule has 0 aliphatic heterocycles. The Labute approximate surface area is 144 Å². The molecule has 0 radical (unpaired) electrons. The van der Waals surface area contributed by atoms with Crippen LogP contribution in [0.4, 0.5) is 0 Å². The lowest BCUT2D eigenvalue weighted by Crippen LogP contribution is -2.46. The molecule has 0 fully saturated rings. The summed E-state index contributed by atoms with van der Waals surface area (Å²) in [5.41, 5.74) is 17.6. The van der Waals surface area contributed by atoms with Crippen LogP contribution in [0.5, 0.6) is 0 Å². The summed E-state index contributed by atoms with van der Waals surface area (Å²) in [6, 6.07) is 3.27. The van der Waals surface area contributed by atoms with Crippen LogP contribution in [0.2, 0.25) is 0 Å². The number of hydrogen-bond donors (Lipinski definition) is 4. The van der Waals surface area contributed by atoms with Gasteiger partial charge in [0.05, 0.1) is 6.04 Å². The SMILES string of the molecule is Cl.Cl.Cl.NCCCC[C@H](N)C(=O)NNCc1ccncc1. The van der Waals surface area contributed by atoms with Gasteiger partial charge >= 0.3 is 0 Å². The van der Waals surface area contributed by atoms with Gasteiger partial charge in [-0.1, -0.05) is 6.42 Å². The van der Waals surface area contributed by atoms with Crippen molar-refractivity contribution in [3.63, 3.8) is 0 Å². The predicted molar refractivity (Wildman–Crippen MR) is 91.8 cm³/mol. The smallest absolute Gasteiger partial charge is 0.250 e. The summed E-state index contributed by atoms with van der Waals surface area (Å²) in [4.78, 5) is 15.5. The van der Waals surface area contributed by atoms with Crippen LogP contribution in [-0.4, -0.2) is 23.5 Å². The van der Waals surface area contributed by atoms with Crippen LogP contribution >= 0.6 is 37.2 Å². The van der Waals surface area contributed by atoms with Crippen molar-refractivity contribution in [1.29, 1.82) is 0 Å². The maximum absolute atomic E-state index is 11.6. The van der Waals surface area contributed by atoms with E-state index in [2.05, 4.69) is 15.8 Å². The molecule has 124 valence electrons. The number of unbranched alkanes of at least 4 members (excludes halogenated alkanes) is 1. The van der Waals surface area contributed by atoms with Crippen molar-refractivity contribution < 1.29 is 4.79 Å². The number of rotatable bonds is 8. The molecule has 0 saturated heterocycles. The molecule has 1 atom stereocenters. The van der Waals surface area contributed by atoms with Crippen molar-refractivity contribution in [2.45, 2.75) is 31.8 Å². The van der Waals surface area contributed by atoms with Crippen LogP contribution in [0.1, 0.15) is 24.8 Å². The highest BCUT2D eigenvalue weighted by atomic mass is 35.5. The van der Waals surface area contributed by atoms with Gasteiger partial charge in [0.15, 0.2) is 0 Å². The van der Waals surface area contributed by atoms with Gasteiger partial charge in [0.2, 0.25) is 0 Å². The van der Waals surface area contributed by atoms with E-state index < -0.39 is 6.04 Å². The van der Waals surface area contributed by atoms with Gasteiger partial charge in [-0.3, -0.25) is 15.2 Å². The number of pyridine rings is 1. The first-order valence-corrected chi connectivity index (χ1v) is 6.11. The number of amides is 1. The number of hydrogen-bond acceptors (Lipinski definition) is 5. The maximum atomic E-state index is 11.6. The molecule has 0 bridgehead atoms. The highest BCUT2D eigenvalue weighted by molar-refractivity contribution is 5.86. The number of nitrogens with one attached hydrogen (secondary N) is 2. The maximum Gasteiger partial charge on any atom is 0.250 e. The molecule has 1 aromatic heterocycles. The largest absolute Gasteiger partial charge is 0.330 e. The van der Waals surface area contributed by atoms with Gasteiger partial charge in [0.1, 0.15) is 0 Å². The van der Waals surface area contributed by atoms with E-state index in [-0.39, 0.29) is 43.1 Å². The van der Waals surface area contributed by atoms with E-state index in [0.717, 1.165) is 18.4 Å². The number of nitrogens with two attached hydrogens (primary N) is 2. The average molecular weight is 361 g/mol. The molecule has 0 aromatic carbocycles. The number of carbonyl (C=O) groups excluding carboxylic acids is 1. The quantitative estimate of drug-likeness (QED) is 0.407. The van der Waals surface area contributed by atoms with Crippen LogP contribution in [-0.2, 0) is 11.3 Å². The Balaban J connectivity index is -0.00000108. The van der Waals surface area contributed by atoms with Crippen LogP contribution in [0.25, 0.3) is 0 Å². The number of nitrogens with zero attached hydrogens (tertiary/aromatic N) is 1. The third kappa shape index (κ3) is 11.7. The summed E-state index contributed by atoms with van der Waals surface area (Å²) in [5, 5.41) is 0. The lowest BCUT2D eigenvalue weighted by molar-refractivity contribution is -0.123. The van der Waals surface area contributed by atoms with Gasteiger partial charge in [0.25, 0.3) is 5.91 Å². The van der Waals surface area contributed by atoms with E-state index in [1.54, 1.807) is 12.4 Å². The molecule has 6 nitrogen and oxygen atoms in total. The fraction of sp³-hybridized carbons (Fsp3) is 0.500. The fourth-order valence-corrected chi connectivity index (χ4v) is 1.47.